The maximum atomic E-state index is 14.3. The number of hydrogen-bond donors (Lipinski definition) is 2. The highest BCUT2D eigenvalue weighted by molar-refractivity contribution is 7.89. The van der Waals surface area contributed by atoms with Crippen molar-refractivity contribution in [3.05, 3.63) is 36.3 Å². The van der Waals surface area contributed by atoms with Gasteiger partial charge in [-0.25, -0.2) is 13.4 Å². The maximum Gasteiger partial charge on any atom is 0.261 e. The number of aliphatic hydroxyl groups is 1. The largest absolute Gasteiger partial charge is 0.490 e. The Kier molecular flexibility index (Phi) is 14.0. The minimum absolute atomic E-state index is 0.0513. The summed E-state index contributed by atoms with van der Waals surface area (Å²) >= 11 is 0. The number of hydrogen-bond acceptors (Lipinski definition) is 9. The van der Waals surface area contributed by atoms with Crippen LogP contribution in [0.5, 0.6) is 5.75 Å². The summed E-state index contributed by atoms with van der Waals surface area (Å²) in [6, 6.07) is 4.51. The molecule has 0 fully saturated rings. The highest BCUT2D eigenvalue weighted by Gasteiger charge is 2.33. The Balaban J connectivity index is 1.92. The number of carbonyl (C=O) groups is 2. The predicted molar refractivity (Wildman–Crippen MR) is 176 cm³/mol. The van der Waals surface area contributed by atoms with Gasteiger partial charge in [-0.3, -0.25) is 9.59 Å². The van der Waals surface area contributed by atoms with Crippen LogP contribution < -0.4 is 10.1 Å². The molecule has 1 aromatic carbocycles. The van der Waals surface area contributed by atoms with Crippen molar-refractivity contribution in [1.29, 1.82) is 0 Å². The molecule has 46 heavy (non-hydrogen) atoms. The second-order valence-electron chi connectivity index (χ2n) is 12.6. The molecule has 258 valence electrons. The van der Waals surface area contributed by atoms with Crippen LogP contribution in [0.2, 0.25) is 0 Å². The summed E-state index contributed by atoms with van der Waals surface area (Å²) < 4.78 is 41.9. The number of amides is 2. The molecule has 1 aliphatic heterocycles. The number of nitrogens with zero attached hydrogens (tertiary/aromatic N) is 5. The number of imidazole rings is 1. The third-order valence-electron chi connectivity index (χ3n) is 8.14. The van der Waals surface area contributed by atoms with Gasteiger partial charge in [0.05, 0.1) is 36.7 Å². The molecule has 0 saturated carbocycles. The van der Waals surface area contributed by atoms with Crippen LogP contribution in [0.25, 0.3) is 0 Å². The predicted octanol–water partition coefficient (Wildman–Crippen LogP) is 2.82. The van der Waals surface area contributed by atoms with Crippen molar-refractivity contribution in [3.8, 4) is 5.75 Å². The molecule has 2 aromatic rings. The van der Waals surface area contributed by atoms with Gasteiger partial charge in [0.25, 0.3) is 15.9 Å². The fraction of sp³-hybridized carbons (Fsp3) is 0.656. The molecule has 0 bridgehead atoms. The van der Waals surface area contributed by atoms with Crippen LogP contribution in [0.1, 0.15) is 63.2 Å². The summed E-state index contributed by atoms with van der Waals surface area (Å²) in [5.41, 5.74) is 0.751. The van der Waals surface area contributed by atoms with E-state index >= 15 is 0 Å². The third kappa shape index (κ3) is 10.5. The first kappa shape index (κ1) is 37.4. The minimum Gasteiger partial charge on any atom is -0.490 e. The van der Waals surface area contributed by atoms with Gasteiger partial charge in [-0.05, 0) is 78.4 Å². The summed E-state index contributed by atoms with van der Waals surface area (Å²) in [6.07, 6.45) is 5.45. The van der Waals surface area contributed by atoms with Crippen molar-refractivity contribution in [1.82, 2.24) is 23.7 Å². The Morgan fingerprint density at radius 1 is 1.22 bits per heavy atom. The molecule has 1 aromatic heterocycles. The molecular formula is C32H52N6O7S. The Morgan fingerprint density at radius 3 is 2.61 bits per heavy atom. The van der Waals surface area contributed by atoms with Crippen molar-refractivity contribution in [2.75, 3.05) is 59.3 Å². The Hall–Kier alpha value is -3.04. The SMILES string of the molecule is C[C@@H]1CCCCO[C@H](CN(C)S(=O)(=O)c2cn(C)cn2)[C@@H](C)CN([C@@H](C)CO)C(=O)c2cc(NC(=O)CCCN(C)C)ccc2O1. The van der Waals surface area contributed by atoms with Gasteiger partial charge >= 0.3 is 0 Å². The zero-order chi connectivity index (χ0) is 34.0. The molecule has 0 saturated heterocycles. The van der Waals surface area contributed by atoms with E-state index in [2.05, 4.69) is 10.3 Å². The molecule has 1 aliphatic rings. The molecule has 0 spiro atoms. The molecule has 4 atom stereocenters. The minimum atomic E-state index is -3.87. The van der Waals surface area contributed by atoms with E-state index in [4.69, 9.17) is 9.47 Å². The number of rotatable bonds is 11. The van der Waals surface area contributed by atoms with Crippen LogP contribution in [0.15, 0.2) is 35.7 Å². The van der Waals surface area contributed by atoms with Gasteiger partial charge in [0.1, 0.15) is 5.75 Å². The molecule has 2 N–H and O–H groups in total. The monoisotopic (exact) mass is 664 g/mol. The molecule has 2 amide bonds. The Bertz CT molecular complexity index is 1400. The van der Waals surface area contributed by atoms with E-state index < -0.39 is 22.2 Å². The van der Waals surface area contributed by atoms with Gasteiger partial charge in [-0.15, -0.1) is 0 Å². The van der Waals surface area contributed by atoms with E-state index in [-0.39, 0.29) is 54.1 Å². The van der Waals surface area contributed by atoms with Gasteiger partial charge < -0.3 is 34.3 Å². The number of aliphatic hydroxyl groups excluding tert-OH is 1. The van der Waals surface area contributed by atoms with Crippen molar-refractivity contribution < 1.29 is 32.6 Å². The van der Waals surface area contributed by atoms with E-state index in [0.29, 0.717) is 37.3 Å². The molecule has 0 radical (unpaired) electrons. The van der Waals surface area contributed by atoms with E-state index in [1.165, 1.54) is 23.9 Å². The first-order chi connectivity index (χ1) is 21.7. The second kappa shape index (κ2) is 17.2. The Labute approximate surface area is 273 Å². The van der Waals surface area contributed by atoms with E-state index in [1.807, 2.05) is 32.8 Å². The Morgan fingerprint density at radius 2 is 1.96 bits per heavy atom. The first-order valence-electron chi connectivity index (χ1n) is 16.0. The smallest absolute Gasteiger partial charge is 0.261 e. The molecule has 0 unspecified atom stereocenters. The average molecular weight is 665 g/mol. The number of ether oxygens (including phenoxy) is 2. The lowest BCUT2D eigenvalue weighted by molar-refractivity contribution is -0.116. The number of sulfonamides is 1. The maximum absolute atomic E-state index is 14.3. The lowest BCUT2D eigenvalue weighted by Gasteiger charge is -2.35. The average Bonchev–Trinajstić information content (AvgIpc) is 3.45. The quantitative estimate of drug-likeness (QED) is 0.370. The van der Waals surface area contributed by atoms with Crippen molar-refractivity contribution in [2.24, 2.45) is 13.0 Å². The summed E-state index contributed by atoms with van der Waals surface area (Å²) in [4.78, 5) is 34.6. The summed E-state index contributed by atoms with van der Waals surface area (Å²) in [7, 11) is 3.24. The van der Waals surface area contributed by atoms with E-state index in [1.54, 1.807) is 41.6 Å². The number of carbonyl (C=O) groups excluding carboxylic acids is 2. The van der Waals surface area contributed by atoms with Crippen LogP contribution in [0, 0.1) is 5.92 Å². The third-order valence-corrected chi connectivity index (χ3v) is 9.85. The number of benzene rings is 1. The van der Waals surface area contributed by atoms with E-state index in [9.17, 15) is 23.1 Å². The van der Waals surface area contributed by atoms with Crippen LogP contribution in [-0.4, -0.2) is 121 Å². The zero-order valence-electron chi connectivity index (χ0n) is 28.3. The van der Waals surface area contributed by atoms with Crippen LogP contribution in [0.3, 0.4) is 0 Å². The normalized spacial score (nSPS) is 21.0. The van der Waals surface area contributed by atoms with Gasteiger partial charge in [0, 0.05) is 58.0 Å². The van der Waals surface area contributed by atoms with Crippen LogP contribution in [-0.2, 0) is 26.6 Å². The molecule has 14 heteroatoms. The fourth-order valence-electron chi connectivity index (χ4n) is 5.28. The molecule has 2 heterocycles. The van der Waals surface area contributed by atoms with Crippen molar-refractivity contribution >= 4 is 27.5 Å². The standard InChI is InChI=1S/C32H52N6O7S/c1-23-18-38(24(2)21-39)32(41)27-17-26(34-30(40)12-10-15-35(4)5)13-14-28(27)45-25(3)11-8-9-16-44-29(23)19-37(7)46(42,43)31-20-36(6)22-33-31/h13-14,17,20,22-25,29,39H,8-12,15-16,18-19,21H2,1-7H3,(H,34,40)/t23-,24-,25+,29+/m0/s1. The van der Waals surface area contributed by atoms with Gasteiger partial charge in [-0.2, -0.15) is 4.31 Å². The lowest BCUT2D eigenvalue weighted by Crippen LogP contribution is -2.48. The van der Waals surface area contributed by atoms with Gasteiger partial charge in [0.2, 0.25) is 5.91 Å². The first-order valence-corrected chi connectivity index (χ1v) is 17.4. The highest BCUT2D eigenvalue weighted by atomic mass is 32.2. The number of nitrogens with one attached hydrogen (secondary N) is 1. The van der Waals surface area contributed by atoms with Crippen molar-refractivity contribution in [2.45, 2.75) is 76.2 Å². The number of anilines is 1. The van der Waals surface area contributed by atoms with Crippen LogP contribution in [0.4, 0.5) is 5.69 Å². The van der Waals surface area contributed by atoms with Gasteiger partial charge in [0.15, 0.2) is 5.03 Å². The molecule has 3 rings (SSSR count). The fourth-order valence-corrected chi connectivity index (χ4v) is 6.42. The van der Waals surface area contributed by atoms with Crippen LogP contribution >= 0.6 is 0 Å². The molecule has 13 nitrogen and oxygen atoms in total. The summed E-state index contributed by atoms with van der Waals surface area (Å²) in [5, 5.41) is 13.0. The number of fused-ring (bicyclic) bond motifs is 1. The number of aryl methyl sites for hydroxylation is 1. The second-order valence-corrected chi connectivity index (χ2v) is 14.6. The van der Waals surface area contributed by atoms with Gasteiger partial charge in [-0.1, -0.05) is 6.92 Å². The van der Waals surface area contributed by atoms with Crippen molar-refractivity contribution in [3.63, 3.8) is 0 Å². The van der Waals surface area contributed by atoms with E-state index in [0.717, 1.165) is 19.4 Å². The molecular weight excluding hydrogens is 612 g/mol. The number of aromatic nitrogens is 2. The number of likely N-dealkylation sites (N-methyl/N-ethyl adjacent to an activating group) is 1. The lowest BCUT2D eigenvalue weighted by atomic mass is 10.0. The molecule has 0 aliphatic carbocycles. The summed E-state index contributed by atoms with van der Waals surface area (Å²) in [5.74, 6) is -0.435. The zero-order valence-corrected chi connectivity index (χ0v) is 29.1. The summed E-state index contributed by atoms with van der Waals surface area (Å²) in [6.45, 7) is 6.74. The topological polar surface area (TPSA) is 147 Å². The highest BCUT2D eigenvalue weighted by Crippen LogP contribution is 2.29.